The average Bonchev–Trinajstić information content (AvgIpc) is 2.37. The van der Waals surface area contributed by atoms with Crippen LogP contribution in [-0.2, 0) is 0 Å². The lowest BCUT2D eigenvalue weighted by Gasteiger charge is -2.39. The van der Waals surface area contributed by atoms with Crippen molar-refractivity contribution in [1.82, 2.24) is 5.32 Å². The standard InChI is InChI=1S/C18H28BrNO/c1-12-8-15(11-18(3,4)10-12)21-17-7-6-14(19)9-16(17)13(2)20-5/h6-7,9,12-13,15,20H,8,10-11H2,1-5H3. The van der Waals surface area contributed by atoms with Gasteiger partial charge >= 0.3 is 0 Å². The van der Waals surface area contributed by atoms with Crippen LogP contribution >= 0.6 is 15.9 Å². The van der Waals surface area contributed by atoms with Crippen molar-refractivity contribution >= 4 is 15.9 Å². The molecule has 2 nitrogen and oxygen atoms in total. The molecule has 1 aromatic rings. The lowest BCUT2D eigenvalue weighted by Crippen LogP contribution is -2.34. The van der Waals surface area contributed by atoms with E-state index in [1.54, 1.807) is 0 Å². The molecule has 0 bridgehead atoms. The van der Waals surface area contributed by atoms with Crippen molar-refractivity contribution in [2.24, 2.45) is 11.3 Å². The zero-order valence-electron chi connectivity index (χ0n) is 13.9. The summed E-state index contributed by atoms with van der Waals surface area (Å²) < 4.78 is 7.51. The Labute approximate surface area is 137 Å². The molecule has 3 heteroatoms. The first kappa shape index (κ1) is 16.8. The minimum atomic E-state index is 0.284. The van der Waals surface area contributed by atoms with Crippen LogP contribution in [0.25, 0.3) is 0 Å². The van der Waals surface area contributed by atoms with Gasteiger partial charge in [0.15, 0.2) is 0 Å². The van der Waals surface area contributed by atoms with Crippen molar-refractivity contribution in [2.75, 3.05) is 7.05 Å². The maximum atomic E-state index is 6.41. The second kappa shape index (κ2) is 6.70. The molecule has 0 aliphatic heterocycles. The summed E-state index contributed by atoms with van der Waals surface area (Å²) >= 11 is 3.56. The molecule has 0 spiro atoms. The van der Waals surface area contributed by atoms with Gasteiger partial charge in [-0.3, -0.25) is 0 Å². The maximum absolute atomic E-state index is 6.41. The van der Waals surface area contributed by atoms with E-state index in [1.807, 2.05) is 7.05 Å². The smallest absolute Gasteiger partial charge is 0.124 e. The Hall–Kier alpha value is -0.540. The molecule has 118 valence electrons. The summed E-state index contributed by atoms with van der Waals surface area (Å²) in [5.41, 5.74) is 1.61. The maximum Gasteiger partial charge on any atom is 0.124 e. The topological polar surface area (TPSA) is 21.3 Å². The second-order valence-corrected chi connectivity index (χ2v) is 8.26. The molecule has 2 rings (SSSR count). The monoisotopic (exact) mass is 353 g/mol. The molecule has 1 aliphatic carbocycles. The van der Waals surface area contributed by atoms with Crippen LogP contribution in [0.3, 0.4) is 0 Å². The van der Waals surface area contributed by atoms with Crippen LogP contribution in [-0.4, -0.2) is 13.2 Å². The molecule has 1 aliphatic rings. The molecule has 3 unspecified atom stereocenters. The van der Waals surface area contributed by atoms with E-state index >= 15 is 0 Å². The van der Waals surface area contributed by atoms with Crippen LogP contribution < -0.4 is 10.1 Å². The summed E-state index contributed by atoms with van der Waals surface area (Å²) in [6.45, 7) is 9.23. The molecule has 0 heterocycles. The Bertz CT molecular complexity index is 486. The lowest BCUT2D eigenvalue weighted by atomic mass is 9.71. The summed E-state index contributed by atoms with van der Waals surface area (Å²) in [5, 5.41) is 3.31. The predicted molar refractivity (Wildman–Crippen MR) is 92.8 cm³/mol. The van der Waals surface area contributed by atoms with Crippen LogP contribution in [0.1, 0.15) is 58.6 Å². The first-order chi connectivity index (χ1) is 9.80. The second-order valence-electron chi connectivity index (χ2n) is 7.35. The van der Waals surface area contributed by atoms with E-state index in [0.717, 1.165) is 29.0 Å². The number of rotatable bonds is 4. The van der Waals surface area contributed by atoms with E-state index in [-0.39, 0.29) is 6.04 Å². The van der Waals surface area contributed by atoms with Gasteiger partial charge in [-0.2, -0.15) is 0 Å². The highest BCUT2D eigenvalue weighted by molar-refractivity contribution is 9.10. The summed E-state index contributed by atoms with van der Waals surface area (Å²) in [5.74, 6) is 1.76. The number of benzene rings is 1. The molecule has 1 aromatic carbocycles. The Morgan fingerprint density at radius 2 is 2.05 bits per heavy atom. The van der Waals surface area contributed by atoms with Crippen molar-refractivity contribution in [3.63, 3.8) is 0 Å². The third kappa shape index (κ3) is 4.46. The van der Waals surface area contributed by atoms with Gasteiger partial charge in [0, 0.05) is 16.1 Å². The van der Waals surface area contributed by atoms with Crippen molar-refractivity contribution in [3.05, 3.63) is 28.2 Å². The summed E-state index contributed by atoms with van der Waals surface area (Å²) in [7, 11) is 1.99. The zero-order valence-corrected chi connectivity index (χ0v) is 15.5. The fourth-order valence-corrected chi connectivity index (χ4v) is 4.03. The molecule has 1 fully saturated rings. The number of halogens is 1. The molecule has 1 N–H and O–H groups in total. The number of hydrogen-bond acceptors (Lipinski definition) is 2. The highest BCUT2D eigenvalue weighted by atomic mass is 79.9. The Kier molecular flexibility index (Phi) is 5.37. The lowest BCUT2D eigenvalue weighted by molar-refractivity contribution is 0.0553. The van der Waals surface area contributed by atoms with Gasteiger partial charge in [0.2, 0.25) is 0 Å². The minimum Gasteiger partial charge on any atom is -0.490 e. The fourth-order valence-electron chi connectivity index (χ4n) is 3.65. The predicted octanol–water partition coefficient (Wildman–Crippen LogP) is 5.32. The molecule has 3 atom stereocenters. The zero-order chi connectivity index (χ0) is 15.6. The largest absolute Gasteiger partial charge is 0.490 e. The fraction of sp³-hybridized carbons (Fsp3) is 0.667. The van der Waals surface area contributed by atoms with Gasteiger partial charge in [-0.15, -0.1) is 0 Å². The van der Waals surface area contributed by atoms with Gasteiger partial charge in [0.05, 0.1) is 6.10 Å². The number of hydrogen-bond donors (Lipinski definition) is 1. The van der Waals surface area contributed by atoms with Gasteiger partial charge in [-0.1, -0.05) is 36.7 Å². The Morgan fingerprint density at radius 3 is 2.67 bits per heavy atom. The van der Waals surface area contributed by atoms with Crippen molar-refractivity contribution in [1.29, 1.82) is 0 Å². The molecule has 0 amide bonds. The van der Waals surface area contributed by atoms with E-state index in [9.17, 15) is 0 Å². The molecule has 1 saturated carbocycles. The van der Waals surface area contributed by atoms with Gasteiger partial charge < -0.3 is 10.1 Å². The quantitative estimate of drug-likeness (QED) is 0.790. The third-order valence-corrected chi connectivity index (χ3v) is 5.00. The first-order valence-corrected chi connectivity index (χ1v) is 8.73. The molecule has 0 saturated heterocycles. The Morgan fingerprint density at radius 1 is 1.33 bits per heavy atom. The van der Waals surface area contributed by atoms with Crippen LogP contribution in [0.4, 0.5) is 0 Å². The highest BCUT2D eigenvalue weighted by Gasteiger charge is 2.33. The number of ether oxygens (including phenoxy) is 1. The van der Waals surface area contributed by atoms with E-state index in [4.69, 9.17) is 4.74 Å². The van der Waals surface area contributed by atoms with E-state index in [1.165, 1.54) is 12.0 Å². The summed E-state index contributed by atoms with van der Waals surface area (Å²) in [4.78, 5) is 0. The van der Waals surface area contributed by atoms with E-state index in [2.05, 4.69) is 67.1 Å². The molecule has 0 radical (unpaired) electrons. The van der Waals surface area contributed by atoms with Crippen molar-refractivity contribution in [2.45, 2.75) is 59.1 Å². The summed E-state index contributed by atoms with van der Waals surface area (Å²) in [6.07, 6.45) is 3.92. The van der Waals surface area contributed by atoms with Crippen LogP contribution in [0, 0.1) is 11.3 Å². The highest BCUT2D eigenvalue weighted by Crippen LogP contribution is 2.41. The third-order valence-electron chi connectivity index (χ3n) is 4.51. The normalized spacial score (nSPS) is 26.4. The summed E-state index contributed by atoms with van der Waals surface area (Å²) in [6, 6.07) is 6.61. The SMILES string of the molecule is CNC(C)c1cc(Br)ccc1OC1CC(C)CC(C)(C)C1. The van der Waals surface area contributed by atoms with Gasteiger partial charge in [0.25, 0.3) is 0 Å². The average molecular weight is 354 g/mol. The van der Waals surface area contributed by atoms with Crippen molar-refractivity contribution < 1.29 is 4.74 Å². The van der Waals surface area contributed by atoms with Crippen LogP contribution in [0.2, 0.25) is 0 Å². The Balaban J connectivity index is 2.19. The van der Waals surface area contributed by atoms with Gasteiger partial charge in [-0.05, 0) is 62.8 Å². The van der Waals surface area contributed by atoms with E-state index < -0.39 is 0 Å². The number of nitrogens with one attached hydrogen (secondary N) is 1. The van der Waals surface area contributed by atoms with Gasteiger partial charge in [0.1, 0.15) is 5.75 Å². The van der Waals surface area contributed by atoms with Crippen molar-refractivity contribution in [3.8, 4) is 5.75 Å². The van der Waals surface area contributed by atoms with Gasteiger partial charge in [-0.25, -0.2) is 0 Å². The first-order valence-electron chi connectivity index (χ1n) is 7.94. The van der Waals surface area contributed by atoms with Crippen LogP contribution in [0.15, 0.2) is 22.7 Å². The molecular weight excluding hydrogens is 326 g/mol. The van der Waals surface area contributed by atoms with Crippen LogP contribution in [0.5, 0.6) is 5.75 Å². The molecule has 21 heavy (non-hydrogen) atoms. The molecular formula is C18H28BrNO. The minimum absolute atomic E-state index is 0.284. The van der Waals surface area contributed by atoms with E-state index in [0.29, 0.717) is 11.5 Å². The molecule has 0 aromatic heterocycles.